The molecular formula is C21H24N2O8. The molecule has 1 unspecified atom stereocenters. The fourth-order valence-corrected chi connectivity index (χ4v) is 2.65. The SMILES string of the molecule is CCOc1ccccc1NC(=O)C(C)OC(=O)c1cc(OCC)c(OC)cc1[N+](=O)[O-]. The van der Waals surface area contributed by atoms with Crippen molar-refractivity contribution in [2.45, 2.75) is 26.9 Å². The number of esters is 1. The number of hydrogen-bond donors (Lipinski definition) is 1. The number of nitrogens with zero attached hydrogens (tertiary/aromatic N) is 1. The molecule has 2 aromatic rings. The fraction of sp³-hybridized carbons (Fsp3) is 0.333. The second-order valence-corrected chi connectivity index (χ2v) is 6.18. The molecule has 2 aromatic carbocycles. The molecule has 2 rings (SSSR count). The van der Waals surface area contributed by atoms with Crippen molar-refractivity contribution >= 4 is 23.3 Å². The number of ether oxygens (including phenoxy) is 4. The smallest absolute Gasteiger partial charge is 0.346 e. The van der Waals surface area contributed by atoms with Gasteiger partial charge >= 0.3 is 5.97 Å². The van der Waals surface area contributed by atoms with Gasteiger partial charge in [0.2, 0.25) is 0 Å². The van der Waals surface area contributed by atoms with E-state index < -0.39 is 28.6 Å². The van der Waals surface area contributed by atoms with E-state index in [-0.39, 0.29) is 23.7 Å². The highest BCUT2D eigenvalue weighted by molar-refractivity contribution is 6.00. The highest BCUT2D eigenvalue weighted by Gasteiger charge is 2.28. The first kappa shape index (κ1) is 23.5. The highest BCUT2D eigenvalue weighted by Crippen LogP contribution is 2.35. The zero-order chi connectivity index (χ0) is 23.0. The maximum absolute atomic E-state index is 12.6. The van der Waals surface area contributed by atoms with Gasteiger partial charge in [-0.15, -0.1) is 0 Å². The number of nitro benzene ring substituents is 1. The van der Waals surface area contributed by atoms with Gasteiger partial charge in [-0.1, -0.05) is 12.1 Å². The largest absolute Gasteiger partial charge is 0.493 e. The lowest BCUT2D eigenvalue weighted by Crippen LogP contribution is -2.30. The zero-order valence-corrected chi connectivity index (χ0v) is 17.7. The van der Waals surface area contributed by atoms with Crippen LogP contribution in [0, 0.1) is 10.1 Å². The topological polar surface area (TPSA) is 126 Å². The number of nitrogens with one attached hydrogen (secondary N) is 1. The van der Waals surface area contributed by atoms with E-state index in [2.05, 4.69) is 5.32 Å². The summed E-state index contributed by atoms with van der Waals surface area (Å²) < 4.78 is 21.1. The molecule has 1 N–H and O–H groups in total. The van der Waals surface area contributed by atoms with Gasteiger partial charge in [0.15, 0.2) is 17.6 Å². The van der Waals surface area contributed by atoms with E-state index in [1.54, 1.807) is 38.1 Å². The van der Waals surface area contributed by atoms with Crippen LogP contribution in [0.1, 0.15) is 31.1 Å². The number of anilines is 1. The Hall–Kier alpha value is -3.82. The summed E-state index contributed by atoms with van der Waals surface area (Å²) in [7, 11) is 1.33. The van der Waals surface area contributed by atoms with Crippen LogP contribution >= 0.6 is 0 Å². The summed E-state index contributed by atoms with van der Waals surface area (Å²) in [6, 6.07) is 9.03. The molecule has 166 valence electrons. The molecule has 0 radical (unpaired) electrons. The van der Waals surface area contributed by atoms with Gasteiger partial charge in [-0.3, -0.25) is 14.9 Å². The Morgan fingerprint density at radius 3 is 2.32 bits per heavy atom. The third-order valence-corrected chi connectivity index (χ3v) is 4.10. The number of amides is 1. The van der Waals surface area contributed by atoms with Crippen LogP contribution in [0.15, 0.2) is 36.4 Å². The molecule has 10 heteroatoms. The summed E-state index contributed by atoms with van der Waals surface area (Å²) in [5, 5.41) is 14.1. The Balaban J connectivity index is 2.23. The molecule has 0 spiro atoms. The Bertz CT molecular complexity index is 960. The maximum atomic E-state index is 12.6. The van der Waals surface area contributed by atoms with Crippen LogP contribution in [-0.2, 0) is 9.53 Å². The first-order valence-electron chi connectivity index (χ1n) is 9.55. The van der Waals surface area contributed by atoms with Crippen LogP contribution < -0.4 is 19.5 Å². The van der Waals surface area contributed by atoms with E-state index in [0.717, 1.165) is 12.1 Å². The highest BCUT2D eigenvalue weighted by atomic mass is 16.6. The average molecular weight is 432 g/mol. The molecule has 0 aliphatic heterocycles. The predicted molar refractivity (Wildman–Crippen MR) is 112 cm³/mol. The summed E-state index contributed by atoms with van der Waals surface area (Å²) in [4.78, 5) is 35.8. The van der Waals surface area contributed by atoms with Crippen molar-refractivity contribution in [1.82, 2.24) is 0 Å². The summed E-state index contributed by atoms with van der Waals surface area (Å²) in [6.45, 7) is 5.53. The standard InChI is InChI=1S/C21H24N2O8/c1-5-29-17-10-8-7-9-15(17)22-20(24)13(3)31-21(25)14-11-19(30-6-2)18(28-4)12-16(14)23(26)27/h7-13H,5-6H2,1-4H3,(H,22,24). The third kappa shape index (κ3) is 5.84. The van der Waals surface area contributed by atoms with E-state index in [9.17, 15) is 19.7 Å². The van der Waals surface area contributed by atoms with E-state index in [1.165, 1.54) is 14.0 Å². The summed E-state index contributed by atoms with van der Waals surface area (Å²) in [5.74, 6) is -0.963. The average Bonchev–Trinajstić information content (AvgIpc) is 2.74. The zero-order valence-electron chi connectivity index (χ0n) is 17.7. The molecule has 0 heterocycles. The fourth-order valence-electron chi connectivity index (χ4n) is 2.65. The van der Waals surface area contributed by atoms with Gasteiger partial charge < -0.3 is 24.3 Å². The number of hydrogen-bond acceptors (Lipinski definition) is 8. The summed E-state index contributed by atoms with van der Waals surface area (Å²) in [5.41, 5.74) is -0.477. The number of benzene rings is 2. The van der Waals surface area contributed by atoms with Crippen LogP contribution in [0.3, 0.4) is 0 Å². The van der Waals surface area contributed by atoms with Crippen molar-refractivity contribution in [2.75, 3.05) is 25.6 Å². The van der Waals surface area contributed by atoms with Crippen LogP contribution in [0.4, 0.5) is 11.4 Å². The van der Waals surface area contributed by atoms with Gasteiger partial charge in [-0.05, 0) is 32.9 Å². The van der Waals surface area contributed by atoms with Crippen molar-refractivity contribution in [2.24, 2.45) is 0 Å². The Morgan fingerprint density at radius 1 is 1.06 bits per heavy atom. The first-order valence-corrected chi connectivity index (χ1v) is 9.55. The monoisotopic (exact) mass is 432 g/mol. The normalized spacial score (nSPS) is 11.2. The third-order valence-electron chi connectivity index (χ3n) is 4.10. The lowest BCUT2D eigenvalue weighted by Gasteiger charge is -2.16. The molecule has 1 amide bonds. The van der Waals surface area contributed by atoms with Gasteiger partial charge in [0.1, 0.15) is 11.3 Å². The van der Waals surface area contributed by atoms with Gasteiger partial charge in [0, 0.05) is 6.07 Å². The van der Waals surface area contributed by atoms with Crippen LogP contribution in [0.5, 0.6) is 17.2 Å². The Kier molecular flexibility index (Phi) is 8.18. The minimum Gasteiger partial charge on any atom is -0.493 e. The molecular weight excluding hydrogens is 408 g/mol. The Morgan fingerprint density at radius 2 is 1.71 bits per heavy atom. The minimum absolute atomic E-state index is 0.100. The lowest BCUT2D eigenvalue weighted by atomic mass is 10.1. The van der Waals surface area contributed by atoms with E-state index in [0.29, 0.717) is 18.0 Å². The first-order chi connectivity index (χ1) is 14.8. The van der Waals surface area contributed by atoms with Crippen LogP contribution in [0.2, 0.25) is 0 Å². The van der Waals surface area contributed by atoms with Crippen LogP contribution in [0.25, 0.3) is 0 Å². The predicted octanol–water partition coefficient (Wildman–Crippen LogP) is 3.58. The molecule has 0 fully saturated rings. The van der Waals surface area contributed by atoms with Crippen molar-refractivity contribution in [3.63, 3.8) is 0 Å². The van der Waals surface area contributed by atoms with Crippen molar-refractivity contribution in [3.05, 3.63) is 52.1 Å². The van der Waals surface area contributed by atoms with Gasteiger partial charge in [-0.2, -0.15) is 0 Å². The van der Waals surface area contributed by atoms with Crippen molar-refractivity contribution in [1.29, 1.82) is 0 Å². The van der Waals surface area contributed by atoms with Gasteiger partial charge in [-0.25, -0.2) is 4.79 Å². The summed E-state index contributed by atoms with van der Waals surface area (Å²) in [6.07, 6.45) is -1.24. The molecule has 10 nitrogen and oxygen atoms in total. The number of carbonyl (C=O) groups is 2. The molecule has 0 aliphatic carbocycles. The van der Waals surface area contributed by atoms with Crippen molar-refractivity contribution < 1.29 is 33.5 Å². The molecule has 0 saturated heterocycles. The van der Waals surface area contributed by atoms with Gasteiger partial charge in [0.05, 0.1) is 37.0 Å². The van der Waals surface area contributed by atoms with Crippen molar-refractivity contribution in [3.8, 4) is 17.2 Å². The number of methoxy groups -OCH3 is 1. The quantitative estimate of drug-likeness (QED) is 0.343. The van der Waals surface area contributed by atoms with E-state index >= 15 is 0 Å². The lowest BCUT2D eigenvalue weighted by molar-refractivity contribution is -0.385. The number of nitro groups is 1. The van der Waals surface area contributed by atoms with Crippen LogP contribution in [-0.4, -0.2) is 43.2 Å². The minimum atomic E-state index is -1.24. The maximum Gasteiger partial charge on any atom is 0.346 e. The van der Waals surface area contributed by atoms with E-state index in [1.807, 2.05) is 0 Å². The molecule has 0 bridgehead atoms. The second kappa shape index (κ2) is 10.8. The number of carbonyl (C=O) groups excluding carboxylic acids is 2. The summed E-state index contributed by atoms with van der Waals surface area (Å²) >= 11 is 0. The molecule has 1 atom stereocenters. The molecule has 0 aromatic heterocycles. The molecule has 0 aliphatic rings. The Labute approximate surface area is 179 Å². The second-order valence-electron chi connectivity index (χ2n) is 6.18. The molecule has 31 heavy (non-hydrogen) atoms. The molecule has 0 saturated carbocycles. The number of rotatable bonds is 10. The number of para-hydroxylation sites is 2. The van der Waals surface area contributed by atoms with Gasteiger partial charge in [0.25, 0.3) is 11.6 Å². The van der Waals surface area contributed by atoms with E-state index in [4.69, 9.17) is 18.9 Å².